The van der Waals surface area contributed by atoms with Crippen molar-refractivity contribution in [3.8, 4) is 11.5 Å². The second-order valence-electron chi connectivity index (χ2n) is 5.82. The molecule has 1 aromatic carbocycles. The highest BCUT2D eigenvalue weighted by atomic mass is 16.5. The fourth-order valence-electron chi connectivity index (χ4n) is 3.00. The zero-order valence-electron chi connectivity index (χ0n) is 14.1. The Kier molecular flexibility index (Phi) is 6.24. The van der Waals surface area contributed by atoms with Gasteiger partial charge in [0.15, 0.2) is 0 Å². The molecule has 0 spiro atoms. The van der Waals surface area contributed by atoms with Gasteiger partial charge in [-0.3, -0.25) is 4.79 Å². The summed E-state index contributed by atoms with van der Waals surface area (Å²) in [6.07, 6.45) is 1.56. The molecule has 1 amide bonds. The molecule has 6 nitrogen and oxygen atoms in total. The Morgan fingerprint density at radius 2 is 1.96 bits per heavy atom. The number of methoxy groups -OCH3 is 3. The highest BCUT2D eigenvalue weighted by molar-refractivity contribution is 5.83. The number of hydrogen-bond acceptors (Lipinski definition) is 5. The van der Waals surface area contributed by atoms with Gasteiger partial charge in [0.2, 0.25) is 5.91 Å². The highest BCUT2D eigenvalue weighted by Crippen LogP contribution is 2.30. The first-order chi connectivity index (χ1) is 11.1. The molecule has 128 valence electrons. The van der Waals surface area contributed by atoms with Crippen molar-refractivity contribution in [2.45, 2.75) is 19.4 Å². The molecule has 0 aliphatic carbocycles. The van der Waals surface area contributed by atoms with Crippen molar-refractivity contribution in [3.05, 3.63) is 23.8 Å². The second-order valence-corrected chi connectivity index (χ2v) is 5.82. The smallest absolute Gasteiger partial charge is 0.228 e. The molecular formula is C17H26N2O4. The fourth-order valence-corrected chi connectivity index (χ4v) is 3.00. The van der Waals surface area contributed by atoms with Gasteiger partial charge in [-0.2, -0.15) is 0 Å². The van der Waals surface area contributed by atoms with Crippen molar-refractivity contribution >= 4 is 5.91 Å². The van der Waals surface area contributed by atoms with Crippen molar-refractivity contribution < 1.29 is 19.0 Å². The Labute approximate surface area is 137 Å². The van der Waals surface area contributed by atoms with E-state index in [1.54, 1.807) is 21.3 Å². The molecule has 23 heavy (non-hydrogen) atoms. The lowest BCUT2D eigenvalue weighted by atomic mass is 9.78. The van der Waals surface area contributed by atoms with Crippen LogP contribution < -0.4 is 20.1 Å². The topological polar surface area (TPSA) is 68.8 Å². The van der Waals surface area contributed by atoms with Crippen LogP contribution >= 0.6 is 0 Å². The summed E-state index contributed by atoms with van der Waals surface area (Å²) in [5.41, 5.74) is 0.438. The molecule has 0 atom stereocenters. The van der Waals surface area contributed by atoms with Gasteiger partial charge in [0, 0.05) is 19.2 Å². The first-order valence-electron chi connectivity index (χ1n) is 7.84. The number of benzene rings is 1. The van der Waals surface area contributed by atoms with E-state index in [0.717, 1.165) is 43.0 Å². The molecule has 2 rings (SSSR count). The second kappa shape index (κ2) is 8.17. The standard InChI is InChI=1S/C17H26N2O4/c1-21-12-17(6-8-18-9-7-17)16(20)19-11-13-10-14(22-2)4-5-15(13)23-3/h4-5,10,18H,6-9,11-12H2,1-3H3,(H,19,20). The van der Waals surface area contributed by atoms with Crippen LogP contribution in [0.25, 0.3) is 0 Å². The zero-order chi connectivity index (χ0) is 16.7. The van der Waals surface area contributed by atoms with Crippen LogP contribution in [0.15, 0.2) is 18.2 Å². The minimum atomic E-state index is -0.452. The lowest BCUT2D eigenvalue weighted by molar-refractivity contribution is -0.136. The molecule has 1 aliphatic heterocycles. The van der Waals surface area contributed by atoms with Crippen LogP contribution in [0.5, 0.6) is 11.5 Å². The van der Waals surface area contributed by atoms with Crippen LogP contribution in [0, 0.1) is 5.41 Å². The monoisotopic (exact) mass is 322 g/mol. The summed E-state index contributed by atoms with van der Waals surface area (Å²) < 4.78 is 15.9. The van der Waals surface area contributed by atoms with Gasteiger partial charge in [0.1, 0.15) is 11.5 Å². The summed E-state index contributed by atoms with van der Waals surface area (Å²) in [6.45, 7) is 2.51. The Morgan fingerprint density at radius 1 is 1.22 bits per heavy atom. The van der Waals surface area contributed by atoms with Gasteiger partial charge in [-0.25, -0.2) is 0 Å². The SMILES string of the molecule is COCC1(C(=O)NCc2cc(OC)ccc2OC)CCNCC1. The van der Waals surface area contributed by atoms with Crippen LogP contribution in [-0.4, -0.2) is 46.9 Å². The van der Waals surface area contributed by atoms with E-state index in [1.165, 1.54) is 0 Å². The first-order valence-corrected chi connectivity index (χ1v) is 7.84. The number of amides is 1. The number of nitrogens with one attached hydrogen (secondary N) is 2. The number of piperidine rings is 1. The third-order valence-electron chi connectivity index (χ3n) is 4.39. The van der Waals surface area contributed by atoms with Gasteiger partial charge >= 0.3 is 0 Å². The van der Waals surface area contributed by atoms with Gasteiger partial charge in [0.25, 0.3) is 0 Å². The van der Waals surface area contributed by atoms with Crippen molar-refractivity contribution in [2.24, 2.45) is 5.41 Å². The third kappa shape index (κ3) is 4.14. The van der Waals surface area contributed by atoms with E-state index in [1.807, 2.05) is 18.2 Å². The third-order valence-corrected chi connectivity index (χ3v) is 4.39. The molecule has 1 fully saturated rings. The predicted octanol–water partition coefficient (Wildman–Crippen LogP) is 1.34. The zero-order valence-corrected chi connectivity index (χ0v) is 14.1. The summed E-state index contributed by atoms with van der Waals surface area (Å²) in [6, 6.07) is 5.56. The van der Waals surface area contributed by atoms with Gasteiger partial charge in [-0.15, -0.1) is 0 Å². The Morgan fingerprint density at radius 3 is 2.57 bits per heavy atom. The Bertz CT molecular complexity index is 522. The largest absolute Gasteiger partial charge is 0.497 e. The molecule has 6 heteroatoms. The predicted molar refractivity (Wildman–Crippen MR) is 87.8 cm³/mol. The summed E-state index contributed by atoms with van der Waals surface area (Å²) in [5, 5.41) is 6.33. The maximum Gasteiger partial charge on any atom is 0.228 e. The van der Waals surface area contributed by atoms with E-state index in [0.29, 0.717) is 13.2 Å². The van der Waals surface area contributed by atoms with Gasteiger partial charge in [0.05, 0.1) is 26.2 Å². The van der Waals surface area contributed by atoms with Crippen LogP contribution in [0.4, 0.5) is 0 Å². The number of hydrogen-bond donors (Lipinski definition) is 2. The van der Waals surface area contributed by atoms with Crippen LogP contribution in [-0.2, 0) is 16.1 Å². The van der Waals surface area contributed by atoms with Crippen LogP contribution in [0.1, 0.15) is 18.4 Å². The van der Waals surface area contributed by atoms with Crippen molar-refractivity contribution in [1.82, 2.24) is 10.6 Å². The van der Waals surface area contributed by atoms with E-state index < -0.39 is 5.41 Å². The molecule has 1 aromatic rings. The number of carbonyl (C=O) groups excluding carboxylic acids is 1. The fraction of sp³-hybridized carbons (Fsp3) is 0.588. The van der Waals surface area contributed by atoms with Crippen molar-refractivity contribution in [1.29, 1.82) is 0 Å². The molecule has 0 unspecified atom stereocenters. The van der Waals surface area contributed by atoms with Crippen molar-refractivity contribution in [3.63, 3.8) is 0 Å². The molecule has 1 heterocycles. The van der Waals surface area contributed by atoms with E-state index in [9.17, 15) is 4.79 Å². The Balaban J connectivity index is 2.08. The maximum absolute atomic E-state index is 12.7. The molecular weight excluding hydrogens is 296 g/mol. The lowest BCUT2D eigenvalue weighted by Gasteiger charge is -2.35. The minimum Gasteiger partial charge on any atom is -0.497 e. The van der Waals surface area contributed by atoms with Gasteiger partial charge in [-0.1, -0.05) is 0 Å². The molecule has 1 saturated heterocycles. The molecule has 2 N–H and O–H groups in total. The average molecular weight is 322 g/mol. The summed E-state index contributed by atoms with van der Waals surface area (Å²) in [4.78, 5) is 12.7. The quantitative estimate of drug-likeness (QED) is 0.793. The summed E-state index contributed by atoms with van der Waals surface area (Å²) >= 11 is 0. The maximum atomic E-state index is 12.7. The highest BCUT2D eigenvalue weighted by Gasteiger charge is 2.39. The van der Waals surface area contributed by atoms with E-state index in [4.69, 9.17) is 14.2 Å². The van der Waals surface area contributed by atoms with E-state index in [-0.39, 0.29) is 5.91 Å². The summed E-state index contributed by atoms with van der Waals surface area (Å²) in [5.74, 6) is 1.51. The molecule has 0 bridgehead atoms. The first kappa shape index (κ1) is 17.6. The molecule has 0 aromatic heterocycles. The minimum absolute atomic E-state index is 0.0331. The number of ether oxygens (including phenoxy) is 3. The van der Waals surface area contributed by atoms with Crippen LogP contribution in [0.3, 0.4) is 0 Å². The summed E-state index contributed by atoms with van der Waals surface area (Å²) in [7, 11) is 4.88. The van der Waals surface area contributed by atoms with Gasteiger partial charge < -0.3 is 24.8 Å². The number of rotatable bonds is 7. The van der Waals surface area contributed by atoms with Crippen LogP contribution in [0.2, 0.25) is 0 Å². The van der Waals surface area contributed by atoms with Crippen molar-refractivity contribution in [2.75, 3.05) is 41.0 Å². The van der Waals surface area contributed by atoms with E-state index >= 15 is 0 Å². The van der Waals surface area contributed by atoms with E-state index in [2.05, 4.69) is 10.6 Å². The van der Waals surface area contributed by atoms with Gasteiger partial charge in [-0.05, 0) is 44.1 Å². The molecule has 0 radical (unpaired) electrons. The average Bonchev–Trinajstić information content (AvgIpc) is 2.60. The normalized spacial score (nSPS) is 16.7. The lowest BCUT2D eigenvalue weighted by Crippen LogP contribution is -2.50. The molecule has 1 aliphatic rings. The molecule has 0 saturated carbocycles. The Hall–Kier alpha value is -1.79. The number of carbonyl (C=O) groups is 1.